The number of aromatic nitrogens is 3. The highest BCUT2D eigenvalue weighted by atomic mass is 19.1. The molecule has 1 aromatic carbocycles. The standard InChI is InChI=1S/C22H23FN4O2/c1-22(2)14-27(19(29)9-7-15-6-8-18(28)25-13-15)20(22)21-24-10-11-26(21)17-5-3-4-16(23)12-17/h3-6,8,10-13,20H,7,9,14H2,1-2H3,(H,25,28). The van der Waals surface area contributed by atoms with Crippen LogP contribution in [0.1, 0.15) is 37.7 Å². The van der Waals surface area contributed by atoms with Gasteiger partial charge in [0.15, 0.2) is 0 Å². The highest BCUT2D eigenvalue weighted by Gasteiger charge is 2.50. The fourth-order valence-corrected chi connectivity index (χ4v) is 4.00. The average Bonchev–Trinajstić information content (AvgIpc) is 3.14. The SMILES string of the molecule is CC1(C)CN(C(=O)CCc2ccc(=O)[nH]c2)C1c1nccn1-c1cccc(F)c1. The third-order valence-corrected chi connectivity index (χ3v) is 5.43. The molecule has 150 valence electrons. The Morgan fingerprint density at radius 1 is 1.31 bits per heavy atom. The van der Waals surface area contributed by atoms with Crippen LogP contribution in [0.4, 0.5) is 4.39 Å². The van der Waals surface area contributed by atoms with E-state index in [0.717, 1.165) is 11.4 Å². The Balaban J connectivity index is 1.55. The maximum Gasteiger partial charge on any atom is 0.247 e. The van der Waals surface area contributed by atoms with Gasteiger partial charge >= 0.3 is 0 Å². The maximum atomic E-state index is 13.7. The summed E-state index contributed by atoms with van der Waals surface area (Å²) in [5, 5.41) is 0. The zero-order chi connectivity index (χ0) is 20.6. The second kappa shape index (κ2) is 7.31. The zero-order valence-corrected chi connectivity index (χ0v) is 16.4. The van der Waals surface area contributed by atoms with Crippen molar-refractivity contribution in [3.8, 4) is 5.69 Å². The van der Waals surface area contributed by atoms with E-state index in [-0.39, 0.29) is 28.7 Å². The monoisotopic (exact) mass is 394 g/mol. The van der Waals surface area contributed by atoms with Gasteiger partial charge in [-0.15, -0.1) is 0 Å². The number of hydrogen-bond donors (Lipinski definition) is 1. The van der Waals surface area contributed by atoms with Gasteiger partial charge in [0.2, 0.25) is 11.5 Å². The van der Waals surface area contributed by atoms with E-state index in [9.17, 15) is 14.0 Å². The van der Waals surface area contributed by atoms with Crippen LogP contribution in [0, 0.1) is 11.2 Å². The van der Waals surface area contributed by atoms with E-state index in [2.05, 4.69) is 23.8 Å². The normalized spacial score (nSPS) is 17.8. The van der Waals surface area contributed by atoms with Crippen LogP contribution in [0.5, 0.6) is 0 Å². The Hall–Kier alpha value is -3.22. The molecule has 1 atom stereocenters. The molecule has 0 aliphatic carbocycles. The molecule has 6 nitrogen and oxygen atoms in total. The number of carbonyl (C=O) groups excluding carboxylic acids is 1. The number of hydrogen-bond acceptors (Lipinski definition) is 3. The van der Waals surface area contributed by atoms with Crippen LogP contribution in [0.15, 0.2) is 59.8 Å². The summed E-state index contributed by atoms with van der Waals surface area (Å²) < 4.78 is 15.6. The third kappa shape index (κ3) is 3.72. The molecule has 1 fully saturated rings. The van der Waals surface area contributed by atoms with E-state index in [0.29, 0.717) is 25.1 Å². The van der Waals surface area contributed by atoms with Crippen LogP contribution in [0.25, 0.3) is 5.69 Å². The Labute approximate surface area is 168 Å². The molecular weight excluding hydrogens is 371 g/mol. The Kier molecular flexibility index (Phi) is 4.82. The molecule has 4 rings (SSSR count). The molecule has 3 aromatic rings. The van der Waals surface area contributed by atoms with Gasteiger partial charge in [0.25, 0.3) is 0 Å². The van der Waals surface area contributed by atoms with Gasteiger partial charge in [0.05, 0.1) is 6.04 Å². The van der Waals surface area contributed by atoms with Crippen molar-refractivity contribution in [2.45, 2.75) is 32.7 Å². The topological polar surface area (TPSA) is 71.0 Å². The van der Waals surface area contributed by atoms with Gasteiger partial charge in [0, 0.05) is 48.7 Å². The second-order valence-electron chi connectivity index (χ2n) is 8.11. The van der Waals surface area contributed by atoms with Gasteiger partial charge in [0.1, 0.15) is 11.6 Å². The number of benzene rings is 1. The lowest BCUT2D eigenvalue weighted by Gasteiger charge is -2.53. The lowest BCUT2D eigenvalue weighted by molar-refractivity contribution is -0.153. The summed E-state index contributed by atoms with van der Waals surface area (Å²) >= 11 is 0. The highest BCUT2D eigenvalue weighted by molar-refractivity contribution is 5.78. The van der Waals surface area contributed by atoms with Crippen LogP contribution in [-0.2, 0) is 11.2 Å². The van der Waals surface area contributed by atoms with Crippen molar-refractivity contribution < 1.29 is 9.18 Å². The number of aromatic amines is 1. The quantitative estimate of drug-likeness (QED) is 0.722. The number of imidazole rings is 1. The number of H-pyrrole nitrogens is 1. The van der Waals surface area contributed by atoms with Crippen molar-refractivity contribution in [3.63, 3.8) is 0 Å². The first-order valence-corrected chi connectivity index (χ1v) is 9.61. The highest BCUT2D eigenvalue weighted by Crippen LogP contribution is 2.48. The molecule has 0 spiro atoms. The fourth-order valence-electron chi connectivity index (χ4n) is 4.00. The molecule has 29 heavy (non-hydrogen) atoms. The van der Waals surface area contributed by atoms with Gasteiger partial charge in [-0.2, -0.15) is 0 Å². The fraction of sp³-hybridized carbons (Fsp3) is 0.318. The predicted molar refractivity (Wildman–Crippen MR) is 107 cm³/mol. The first-order chi connectivity index (χ1) is 13.8. The van der Waals surface area contributed by atoms with E-state index >= 15 is 0 Å². The molecule has 1 saturated heterocycles. The molecular formula is C22H23FN4O2. The first-order valence-electron chi connectivity index (χ1n) is 9.61. The Morgan fingerprint density at radius 3 is 2.83 bits per heavy atom. The van der Waals surface area contributed by atoms with Crippen LogP contribution in [-0.4, -0.2) is 31.9 Å². The summed E-state index contributed by atoms with van der Waals surface area (Å²) in [5.74, 6) is 0.447. The Morgan fingerprint density at radius 2 is 2.14 bits per heavy atom. The van der Waals surface area contributed by atoms with Gasteiger partial charge in [-0.25, -0.2) is 9.37 Å². The summed E-state index contributed by atoms with van der Waals surface area (Å²) in [5.41, 5.74) is 1.30. The summed E-state index contributed by atoms with van der Waals surface area (Å²) in [6, 6.07) is 9.35. The summed E-state index contributed by atoms with van der Waals surface area (Å²) in [4.78, 5) is 33.1. The summed E-state index contributed by atoms with van der Waals surface area (Å²) in [6.07, 6.45) is 6.01. The number of halogens is 1. The van der Waals surface area contributed by atoms with Crippen molar-refractivity contribution in [3.05, 3.63) is 82.5 Å². The van der Waals surface area contributed by atoms with Crippen LogP contribution >= 0.6 is 0 Å². The van der Waals surface area contributed by atoms with E-state index < -0.39 is 0 Å². The van der Waals surface area contributed by atoms with Crippen molar-refractivity contribution in [2.24, 2.45) is 5.41 Å². The van der Waals surface area contributed by atoms with Crippen molar-refractivity contribution in [1.82, 2.24) is 19.4 Å². The molecule has 3 heterocycles. The van der Waals surface area contributed by atoms with Gasteiger partial charge in [-0.3, -0.25) is 9.59 Å². The molecule has 0 radical (unpaired) electrons. The largest absolute Gasteiger partial charge is 0.331 e. The van der Waals surface area contributed by atoms with Crippen molar-refractivity contribution >= 4 is 5.91 Å². The molecule has 2 aromatic heterocycles. The van der Waals surface area contributed by atoms with E-state index in [1.54, 1.807) is 30.7 Å². The third-order valence-electron chi connectivity index (χ3n) is 5.43. The molecule has 1 aliphatic heterocycles. The molecule has 1 aliphatic rings. The summed E-state index contributed by atoms with van der Waals surface area (Å²) in [7, 11) is 0. The molecule has 0 saturated carbocycles. The minimum atomic E-state index is -0.316. The number of pyridine rings is 1. The average molecular weight is 394 g/mol. The number of nitrogens with zero attached hydrogens (tertiary/aromatic N) is 3. The number of rotatable bonds is 5. The Bertz CT molecular complexity index is 1080. The minimum absolute atomic E-state index is 0.0364. The van der Waals surface area contributed by atoms with Gasteiger partial charge < -0.3 is 14.5 Å². The van der Waals surface area contributed by atoms with Gasteiger partial charge in [-0.1, -0.05) is 26.0 Å². The number of aryl methyl sites for hydroxylation is 1. The van der Waals surface area contributed by atoms with Crippen molar-refractivity contribution in [2.75, 3.05) is 6.54 Å². The number of carbonyl (C=O) groups is 1. The van der Waals surface area contributed by atoms with Crippen molar-refractivity contribution in [1.29, 1.82) is 0 Å². The smallest absolute Gasteiger partial charge is 0.247 e. The minimum Gasteiger partial charge on any atom is -0.331 e. The van der Waals surface area contributed by atoms with E-state index in [1.165, 1.54) is 18.2 Å². The molecule has 1 N–H and O–H groups in total. The number of nitrogens with one attached hydrogen (secondary N) is 1. The number of likely N-dealkylation sites (tertiary alicyclic amines) is 1. The molecule has 1 unspecified atom stereocenters. The van der Waals surface area contributed by atoms with E-state index in [1.807, 2.05) is 15.5 Å². The van der Waals surface area contributed by atoms with Crippen LogP contribution in [0.3, 0.4) is 0 Å². The lowest BCUT2D eigenvalue weighted by atomic mass is 9.74. The van der Waals surface area contributed by atoms with Crippen LogP contribution < -0.4 is 5.56 Å². The predicted octanol–water partition coefficient (Wildman–Crippen LogP) is 3.24. The molecule has 0 bridgehead atoms. The maximum absolute atomic E-state index is 13.7. The summed E-state index contributed by atoms with van der Waals surface area (Å²) in [6.45, 7) is 4.85. The molecule has 1 amide bonds. The van der Waals surface area contributed by atoms with Crippen LogP contribution in [0.2, 0.25) is 0 Å². The first kappa shape index (κ1) is 19.1. The number of amides is 1. The molecule has 7 heteroatoms. The van der Waals surface area contributed by atoms with E-state index in [4.69, 9.17) is 0 Å². The zero-order valence-electron chi connectivity index (χ0n) is 16.4. The van der Waals surface area contributed by atoms with Gasteiger partial charge in [-0.05, 0) is 30.2 Å². The second-order valence-corrected chi connectivity index (χ2v) is 8.11. The lowest BCUT2D eigenvalue weighted by Crippen LogP contribution is -2.58.